The van der Waals surface area contributed by atoms with Gasteiger partial charge in [-0.2, -0.15) is 0 Å². The predicted octanol–water partition coefficient (Wildman–Crippen LogP) is 5.64. The van der Waals surface area contributed by atoms with E-state index in [9.17, 15) is 14.7 Å². The number of fused-ring (bicyclic) bond motifs is 5. The number of aliphatic hydroxyl groups is 1. The molecule has 4 saturated carbocycles. The largest absolute Gasteiger partial charge is 0.515 e. The van der Waals surface area contributed by atoms with Crippen LogP contribution < -0.4 is 5.32 Å². The quantitative estimate of drug-likeness (QED) is 0.445. The lowest BCUT2D eigenvalue weighted by Gasteiger charge is -2.58. The number of carbonyl (C=O) groups excluding carboxylic acids is 2. The van der Waals surface area contributed by atoms with Gasteiger partial charge in [0.25, 0.3) is 0 Å². The summed E-state index contributed by atoms with van der Waals surface area (Å²) in [6.07, 6.45) is 16.2. The summed E-state index contributed by atoms with van der Waals surface area (Å²) in [6, 6.07) is 0.394. The smallest absolute Gasteiger partial charge is 0.223 e. The molecule has 2 N–H and O–H groups in total. The van der Waals surface area contributed by atoms with Crippen LogP contribution in [0.2, 0.25) is 0 Å². The van der Waals surface area contributed by atoms with Crippen LogP contribution >= 0.6 is 0 Å². The van der Waals surface area contributed by atoms with Gasteiger partial charge in [-0.25, -0.2) is 0 Å². The highest BCUT2D eigenvalue weighted by Crippen LogP contribution is 2.66. The summed E-state index contributed by atoms with van der Waals surface area (Å²) in [5.74, 6) is 2.26. The molecule has 0 heterocycles. The topological polar surface area (TPSA) is 66.4 Å². The van der Waals surface area contributed by atoms with Crippen LogP contribution in [0, 0.1) is 34.5 Å². The second-order valence-corrected chi connectivity index (χ2v) is 11.7. The molecule has 0 aromatic carbocycles. The molecule has 0 aromatic rings. The minimum Gasteiger partial charge on any atom is -0.515 e. The Kier molecular flexibility index (Phi) is 5.34. The zero-order valence-electron chi connectivity index (χ0n) is 19.3. The van der Waals surface area contributed by atoms with Crippen LogP contribution in [-0.4, -0.2) is 22.8 Å². The van der Waals surface area contributed by atoms with Crippen molar-refractivity contribution in [3.63, 3.8) is 0 Å². The van der Waals surface area contributed by atoms with Gasteiger partial charge in [0.1, 0.15) is 0 Å². The number of hydrogen-bond donors (Lipinski definition) is 2. The third-order valence-electron chi connectivity index (χ3n) is 10.3. The molecule has 4 heteroatoms. The third-order valence-corrected chi connectivity index (χ3v) is 10.3. The lowest BCUT2D eigenvalue weighted by atomic mass is 9.46. The summed E-state index contributed by atoms with van der Waals surface area (Å²) in [5, 5.41) is 13.1. The van der Waals surface area contributed by atoms with E-state index in [0.29, 0.717) is 41.7 Å². The Morgan fingerprint density at radius 3 is 2.58 bits per heavy atom. The van der Waals surface area contributed by atoms with Gasteiger partial charge in [0.05, 0.1) is 6.26 Å². The summed E-state index contributed by atoms with van der Waals surface area (Å²) >= 11 is 0. The molecule has 5 aliphatic carbocycles. The van der Waals surface area contributed by atoms with Crippen molar-refractivity contribution in [3.8, 4) is 0 Å². The summed E-state index contributed by atoms with van der Waals surface area (Å²) in [6.45, 7) is 4.74. The maximum absolute atomic E-state index is 13.3. The van der Waals surface area contributed by atoms with Gasteiger partial charge in [-0.05, 0) is 92.4 Å². The van der Waals surface area contributed by atoms with Crippen LogP contribution in [0.25, 0.3) is 0 Å². The first-order chi connectivity index (χ1) is 14.9. The first-order valence-corrected chi connectivity index (χ1v) is 12.8. The number of amides is 1. The first-order valence-electron chi connectivity index (χ1n) is 12.8. The van der Waals surface area contributed by atoms with Crippen molar-refractivity contribution in [2.45, 2.75) is 96.9 Å². The summed E-state index contributed by atoms with van der Waals surface area (Å²) in [5.41, 5.74) is 1.96. The van der Waals surface area contributed by atoms with E-state index in [2.05, 4.69) is 19.2 Å². The Morgan fingerprint density at radius 1 is 1.06 bits per heavy atom. The molecule has 5 rings (SSSR count). The van der Waals surface area contributed by atoms with Crippen molar-refractivity contribution >= 4 is 11.7 Å². The summed E-state index contributed by atoms with van der Waals surface area (Å²) in [4.78, 5) is 25.7. The van der Waals surface area contributed by atoms with Gasteiger partial charge in [0.2, 0.25) is 5.91 Å². The van der Waals surface area contributed by atoms with Gasteiger partial charge in [-0.3, -0.25) is 9.59 Å². The molecule has 1 amide bonds. The van der Waals surface area contributed by atoms with E-state index in [4.69, 9.17) is 0 Å². The fourth-order valence-corrected chi connectivity index (χ4v) is 8.63. The van der Waals surface area contributed by atoms with Gasteiger partial charge in [-0.15, -0.1) is 0 Å². The maximum Gasteiger partial charge on any atom is 0.223 e. The van der Waals surface area contributed by atoms with Crippen molar-refractivity contribution in [1.29, 1.82) is 0 Å². The van der Waals surface area contributed by atoms with Crippen molar-refractivity contribution in [1.82, 2.24) is 5.32 Å². The van der Waals surface area contributed by atoms with E-state index in [1.165, 1.54) is 24.8 Å². The maximum atomic E-state index is 13.3. The number of allylic oxidation sites excluding steroid dienone is 2. The number of aliphatic hydroxyl groups excluding tert-OH is 1. The van der Waals surface area contributed by atoms with Crippen molar-refractivity contribution in [3.05, 3.63) is 23.5 Å². The SMILES string of the molecule is C[C@]12C/C(=C/O)C(=O)C=C1CCC1C2CC[C@@]2(C)C1CC[C@@H]2C(=O)NC1CCCCC1. The highest BCUT2D eigenvalue weighted by Gasteiger charge is 2.60. The number of ketones is 1. The van der Waals surface area contributed by atoms with Crippen molar-refractivity contribution in [2.75, 3.05) is 0 Å². The molecular weight excluding hydrogens is 386 g/mol. The Morgan fingerprint density at radius 2 is 1.84 bits per heavy atom. The minimum atomic E-state index is -0.0187. The minimum absolute atomic E-state index is 0.00520. The average Bonchev–Trinajstić information content (AvgIpc) is 3.12. The van der Waals surface area contributed by atoms with Crippen LogP contribution in [0.4, 0.5) is 0 Å². The molecule has 0 saturated heterocycles. The number of rotatable bonds is 2. The van der Waals surface area contributed by atoms with Crippen LogP contribution in [-0.2, 0) is 9.59 Å². The van der Waals surface area contributed by atoms with Crippen molar-refractivity contribution < 1.29 is 14.7 Å². The van der Waals surface area contributed by atoms with Crippen LogP contribution in [0.1, 0.15) is 90.9 Å². The molecule has 0 spiro atoms. The molecule has 31 heavy (non-hydrogen) atoms. The zero-order valence-corrected chi connectivity index (χ0v) is 19.3. The molecule has 6 atom stereocenters. The molecule has 0 aliphatic heterocycles. The molecule has 170 valence electrons. The lowest BCUT2D eigenvalue weighted by Crippen LogP contribution is -2.52. The number of nitrogens with one attached hydrogen (secondary N) is 1. The molecular formula is C27H39NO3. The summed E-state index contributed by atoms with van der Waals surface area (Å²) < 4.78 is 0. The number of hydrogen-bond acceptors (Lipinski definition) is 3. The average molecular weight is 426 g/mol. The van der Waals surface area contributed by atoms with Gasteiger partial charge in [0, 0.05) is 17.5 Å². The van der Waals surface area contributed by atoms with Gasteiger partial charge in [-0.1, -0.05) is 38.7 Å². The Hall–Kier alpha value is -1.58. The molecule has 0 aromatic heterocycles. The van der Waals surface area contributed by atoms with E-state index in [0.717, 1.165) is 57.6 Å². The molecule has 3 unspecified atom stereocenters. The Labute approximate surface area is 186 Å². The molecule has 0 bridgehead atoms. The normalized spacial score (nSPS) is 44.3. The van der Waals surface area contributed by atoms with Crippen LogP contribution in [0.15, 0.2) is 23.5 Å². The van der Waals surface area contributed by atoms with Crippen LogP contribution in [0.5, 0.6) is 0 Å². The fourth-order valence-electron chi connectivity index (χ4n) is 8.63. The van der Waals surface area contributed by atoms with Gasteiger partial charge < -0.3 is 10.4 Å². The molecule has 4 fully saturated rings. The fraction of sp³-hybridized carbons (Fsp3) is 0.778. The van der Waals surface area contributed by atoms with E-state index in [1.54, 1.807) is 0 Å². The Balaban J connectivity index is 1.36. The van der Waals surface area contributed by atoms with E-state index in [-0.39, 0.29) is 22.5 Å². The van der Waals surface area contributed by atoms with Crippen molar-refractivity contribution in [2.24, 2.45) is 34.5 Å². The lowest BCUT2D eigenvalue weighted by molar-refractivity contribution is -0.133. The standard InChI is InChI=1S/C27H39NO3/c1-26-13-12-22-20(9-8-18-14-24(30)17(16-29)15-27(18,22)2)21(26)10-11-23(26)25(31)28-19-6-4-3-5-7-19/h14,16,19-23,29H,3-13,15H2,1-2H3,(H,28,31)/b17-16-/t20?,21?,22?,23-,26+,27+/m1/s1. The second kappa shape index (κ2) is 7.78. The van der Waals surface area contributed by atoms with Gasteiger partial charge in [0.15, 0.2) is 5.78 Å². The van der Waals surface area contributed by atoms with Gasteiger partial charge >= 0.3 is 0 Å². The highest BCUT2D eigenvalue weighted by molar-refractivity contribution is 6.05. The Bertz CT molecular complexity index is 822. The molecule has 5 aliphatic rings. The van der Waals surface area contributed by atoms with E-state index in [1.807, 2.05) is 6.08 Å². The first kappa shape index (κ1) is 21.3. The zero-order chi connectivity index (χ0) is 21.8. The highest BCUT2D eigenvalue weighted by atomic mass is 16.2. The number of carbonyl (C=O) groups is 2. The second-order valence-electron chi connectivity index (χ2n) is 11.7. The molecule has 0 radical (unpaired) electrons. The summed E-state index contributed by atoms with van der Waals surface area (Å²) in [7, 11) is 0. The predicted molar refractivity (Wildman–Crippen MR) is 121 cm³/mol. The van der Waals surface area contributed by atoms with E-state index < -0.39 is 0 Å². The van der Waals surface area contributed by atoms with E-state index >= 15 is 0 Å². The molecule has 4 nitrogen and oxygen atoms in total. The monoisotopic (exact) mass is 425 g/mol. The van der Waals surface area contributed by atoms with Crippen LogP contribution in [0.3, 0.4) is 0 Å². The third kappa shape index (κ3) is 3.31.